The predicted molar refractivity (Wildman–Crippen MR) is 66.3 cm³/mol. The third-order valence-electron chi connectivity index (χ3n) is 2.03. The number of hydrogen-bond acceptors (Lipinski definition) is 4. The van der Waals surface area contributed by atoms with Gasteiger partial charge in [-0.25, -0.2) is 4.98 Å². The zero-order valence-corrected chi connectivity index (χ0v) is 9.45. The van der Waals surface area contributed by atoms with E-state index in [1.165, 1.54) is 0 Å². The zero-order valence-electron chi connectivity index (χ0n) is 8.63. The molecule has 4 heteroatoms. The molecular formula is C12H12N2OS. The number of rotatable bonds is 3. The van der Waals surface area contributed by atoms with Crippen LogP contribution in [0.3, 0.4) is 0 Å². The van der Waals surface area contributed by atoms with Crippen LogP contribution in [0.2, 0.25) is 0 Å². The van der Waals surface area contributed by atoms with Crippen LogP contribution in [0, 0.1) is 0 Å². The summed E-state index contributed by atoms with van der Waals surface area (Å²) in [6, 6.07) is 12.8. The van der Waals surface area contributed by atoms with Gasteiger partial charge in [0.2, 0.25) is 0 Å². The number of aromatic nitrogens is 1. The molecule has 2 aromatic rings. The number of phenols is 1. The van der Waals surface area contributed by atoms with E-state index in [0.29, 0.717) is 5.82 Å². The molecule has 0 saturated carbocycles. The Morgan fingerprint density at radius 1 is 1.19 bits per heavy atom. The largest absolute Gasteiger partial charge is 0.508 e. The molecule has 0 bridgehead atoms. The smallest absolute Gasteiger partial charge is 0.123 e. The van der Waals surface area contributed by atoms with E-state index in [9.17, 15) is 5.11 Å². The molecule has 0 aliphatic carbocycles. The highest BCUT2D eigenvalue weighted by molar-refractivity contribution is 7.98. The van der Waals surface area contributed by atoms with Crippen LogP contribution in [0.15, 0.2) is 47.4 Å². The normalized spacial score (nSPS) is 10.2. The molecule has 0 amide bonds. The van der Waals surface area contributed by atoms with Gasteiger partial charge in [-0.2, -0.15) is 0 Å². The van der Waals surface area contributed by atoms with Crippen LogP contribution < -0.4 is 5.73 Å². The third kappa shape index (κ3) is 2.90. The average molecular weight is 232 g/mol. The molecule has 0 aliphatic heterocycles. The number of hydrogen-bond donors (Lipinski definition) is 2. The maximum atomic E-state index is 9.31. The van der Waals surface area contributed by atoms with Crippen LogP contribution in [0.25, 0.3) is 0 Å². The van der Waals surface area contributed by atoms with Crippen LogP contribution in [0.5, 0.6) is 5.75 Å². The maximum absolute atomic E-state index is 9.31. The summed E-state index contributed by atoms with van der Waals surface area (Å²) >= 11 is 1.62. The minimum Gasteiger partial charge on any atom is -0.508 e. The second-order valence-electron chi connectivity index (χ2n) is 3.34. The first-order valence-electron chi connectivity index (χ1n) is 4.87. The van der Waals surface area contributed by atoms with Gasteiger partial charge >= 0.3 is 0 Å². The molecule has 0 aliphatic rings. The lowest BCUT2D eigenvalue weighted by atomic mass is 10.3. The number of nitrogens with zero attached hydrogens (tertiary/aromatic N) is 1. The van der Waals surface area contributed by atoms with Gasteiger partial charge in [0.05, 0.1) is 5.69 Å². The number of thioether (sulfide) groups is 1. The van der Waals surface area contributed by atoms with Crippen molar-refractivity contribution in [1.82, 2.24) is 4.98 Å². The highest BCUT2D eigenvalue weighted by Gasteiger charge is 1.99. The van der Waals surface area contributed by atoms with Crippen molar-refractivity contribution in [3.05, 3.63) is 48.2 Å². The van der Waals surface area contributed by atoms with Crippen molar-refractivity contribution in [3.8, 4) is 5.75 Å². The topological polar surface area (TPSA) is 59.1 Å². The molecule has 1 heterocycles. The number of aromatic hydroxyl groups is 1. The first kappa shape index (κ1) is 10.8. The molecule has 0 fully saturated rings. The Kier molecular flexibility index (Phi) is 3.31. The minimum absolute atomic E-state index is 0.283. The van der Waals surface area contributed by atoms with Gasteiger partial charge in [0, 0.05) is 10.6 Å². The summed E-state index contributed by atoms with van der Waals surface area (Å²) in [5, 5.41) is 9.31. The highest BCUT2D eigenvalue weighted by atomic mass is 32.2. The van der Waals surface area contributed by atoms with Crippen LogP contribution >= 0.6 is 11.8 Å². The van der Waals surface area contributed by atoms with Crippen molar-refractivity contribution in [2.75, 3.05) is 5.73 Å². The van der Waals surface area contributed by atoms with E-state index in [4.69, 9.17) is 5.73 Å². The molecule has 0 saturated heterocycles. The number of nitrogens with two attached hydrogens (primary N) is 1. The fourth-order valence-corrected chi connectivity index (χ4v) is 2.16. The van der Waals surface area contributed by atoms with Gasteiger partial charge in [-0.05, 0) is 30.3 Å². The van der Waals surface area contributed by atoms with Crippen LogP contribution in [-0.4, -0.2) is 10.1 Å². The van der Waals surface area contributed by atoms with E-state index in [1.807, 2.05) is 24.3 Å². The van der Waals surface area contributed by atoms with Crippen LogP contribution in [-0.2, 0) is 5.75 Å². The molecule has 3 nitrogen and oxygen atoms in total. The first-order valence-corrected chi connectivity index (χ1v) is 5.86. The summed E-state index contributed by atoms with van der Waals surface area (Å²) in [5.74, 6) is 1.56. The molecule has 16 heavy (non-hydrogen) atoms. The van der Waals surface area contributed by atoms with E-state index < -0.39 is 0 Å². The number of nitrogen functional groups attached to an aromatic ring is 1. The van der Waals surface area contributed by atoms with E-state index >= 15 is 0 Å². The highest BCUT2D eigenvalue weighted by Crippen LogP contribution is 2.25. The van der Waals surface area contributed by atoms with Crippen molar-refractivity contribution in [3.63, 3.8) is 0 Å². The molecule has 0 radical (unpaired) electrons. The Morgan fingerprint density at radius 3 is 2.75 bits per heavy atom. The fourth-order valence-electron chi connectivity index (χ4n) is 1.31. The summed E-state index contributed by atoms with van der Waals surface area (Å²) in [6.07, 6.45) is 0. The van der Waals surface area contributed by atoms with Crippen molar-refractivity contribution in [2.45, 2.75) is 10.6 Å². The molecule has 82 valence electrons. The predicted octanol–water partition coefficient (Wildman–Crippen LogP) is 2.66. The second-order valence-corrected chi connectivity index (χ2v) is 4.39. The summed E-state index contributed by atoms with van der Waals surface area (Å²) in [7, 11) is 0. The van der Waals surface area contributed by atoms with Crippen LogP contribution in [0.4, 0.5) is 5.82 Å². The quantitative estimate of drug-likeness (QED) is 0.799. The van der Waals surface area contributed by atoms with E-state index in [2.05, 4.69) is 4.98 Å². The molecular weight excluding hydrogens is 220 g/mol. The van der Waals surface area contributed by atoms with E-state index in [-0.39, 0.29) is 5.75 Å². The zero-order chi connectivity index (χ0) is 11.4. The second kappa shape index (κ2) is 4.90. The Labute approximate surface area is 98.3 Å². The van der Waals surface area contributed by atoms with Gasteiger partial charge in [-0.15, -0.1) is 11.8 Å². The van der Waals surface area contributed by atoms with Crippen molar-refractivity contribution in [2.24, 2.45) is 0 Å². The van der Waals surface area contributed by atoms with Crippen molar-refractivity contribution < 1.29 is 5.11 Å². The van der Waals surface area contributed by atoms with Gasteiger partial charge in [0.1, 0.15) is 11.6 Å². The van der Waals surface area contributed by atoms with Gasteiger partial charge in [0.25, 0.3) is 0 Å². The van der Waals surface area contributed by atoms with Crippen molar-refractivity contribution >= 4 is 17.6 Å². The average Bonchev–Trinajstić information content (AvgIpc) is 2.27. The number of anilines is 1. The number of pyridine rings is 1. The van der Waals surface area contributed by atoms with Crippen molar-refractivity contribution in [1.29, 1.82) is 0 Å². The molecule has 0 unspecified atom stereocenters. The van der Waals surface area contributed by atoms with E-state index in [0.717, 1.165) is 16.3 Å². The van der Waals surface area contributed by atoms with Gasteiger partial charge in [0.15, 0.2) is 0 Å². The summed E-state index contributed by atoms with van der Waals surface area (Å²) in [6.45, 7) is 0. The maximum Gasteiger partial charge on any atom is 0.123 e. The SMILES string of the molecule is Nc1cccc(CSc2cccc(O)c2)n1. The Balaban J connectivity index is 2.02. The van der Waals surface area contributed by atoms with Crippen LogP contribution in [0.1, 0.15) is 5.69 Å². The molecule has 1 aromatic carbocycles. The lowest BCUT2D eigenvalue weighted by Gasteiger charge is -2.02. The Morgan fingerprint density at radius 2 is 2.00 bits per heavy atom. The molecule has 1 aromatic heterocycles. The lowest BCUT2D eigenvalue weighted by Crippen LogP contribution is -1.93. The molecule has 0 atom stereocenters. The third-order valence-corrected chi connectivity index (χ3v) is 3.06. The number of phenolic OH excluding ortho intramolecular Hbond substituents is 1. The molecule has 0 spiro atoms. The van der Waals surface area contributed by atoms with E-state index in [1.54, 1.807) is 30.0 Å². The summed E-state index contributed by atoms with van der Waals surface area (Å²) < 4.78 is 0. The fraction of sp³-hybridized carbons (Fsp3) is 0.0833. The first-order chi connectivity index (χ1) is 7.74. The van der Waals surface area contributed by atoms with Gasteiger partial charge in [-0.3, -0.25) is 0 Å². The molecule has 2 rings (SSSR count). The Hall–Kier alpha value is -1.68. The summed E-state index contributed by atoms with van der Waals surface area (Å²) in [5.41, 5.74) is 6.53. The Bertz CT molecular complexity index is 442. The summed E-state index contributed by atoms with van der Waals surface area (Å²) in [4.78, 5) is 5.22. The van der Waals surface area contributed by atoms with Gasteiger partial charge < -0.3 is 10.8 Å². The minimum atomic E-state index is 0.283. The molecule has 3 N–H and O–H groups in total. The standard InChI is InChI=1S/C12H12N2OS/c13-12-6-1-3-9(14-12)8-16-11-5-2-4-10(15)7-11/h1-7,15H,8H2,(H2,13,14). The lowest BCUT2D eigenvalue weighted by molar-refractivity contribution is 0.474. The monoisotopic (exact) mass is 232 g/mol. The number of benzene rings is 1. The van der Waals surface area contributed by atoms with Gasteiger partial charge in [-0.1, -0.05) is 12.1 Å².